The monoisotopic (exact) mass is 320 g/mol. The lowest BCUT2D eigenvalue weighted by Crippen LogP contribution is -2.45. The minimum absolute atomic E-state index is 0.0464. The normalized spacial score (nSPS) is 17.8. The summed E-state index contributed by atoms with van der Waals surface area (Å²) >= 11 is 0. The van der Waals surface area contributed by atoms with Gasteiger partial charge in [-0.05, 0) is 58.8 Å². The van der Waals surface area contributed by atoms with Gasteiger partial charge in [-0.2, -0.15) is 0 Å². The third-order valence-corrected chi connectivity index (χ3v) is 4.80. The van der Waals surface area contributed by atoms with Gasteiger partial charge < -0.3 is 15.3 Å². The molecule has 23 heavy (non-hydrogen) atoms. The molecule has 1 aliphatic rings. The van der Waals surface area contributed by atoms with Gasteiger partial charge in [0.05, 0.1) is 12.1 Å². The molecule has 128 valence electrons. The molecule has 1 heterocycles. The maximum Gasteiger partial charge on any atom is 0.128 e. The second-order valence-electron chi connectivity index (χ2n) is 7.54. The number of nitrogens with one attached hydrogen (secondary N) is 1. The predicted octanol–water partition coefficient (Wildman–Crippen LogP) is 3.61. The Labute approximate surface area is 139 Å². The van der Waals surface area contributed by atoms with Crippen LogP contribution < -0.4 is 10.2 Å². The number of anilines is 1. The average Bonchev–Trinajstić information content (AvgIpc) is 2.47. The van der Waals surface area contributed by atoms with Gasteiger partial charge in [0, 0.05) is 22.4 Å². The second kappa shape index (κ2) is 6.62. The molecule has 0 spiro atoms. The van der Waals surface area contributed by atoms with E-state index >= 15 is 0 Å². The van der Waals surface area contributed by atoms with Gasteiger partial charge in [0.15, 0.2) is 0 Å². The van der Waals surface area contributed by atoms with Crippen molar-refractivity contribution in [1.82, 2.24) is 5.32 Å². The van der Waals surface area contributed by atoms with E-state index in [9.17, 15) is 9.50 Å². The summed E-state index contributed by atoms with van der Waals surface area (Å²) < 4.78 is 14.0. The predicted molar refractivity (Wildman–Crippen MR) is 94.1 cm³/mol. The van der Waals surface area contributed by atoms with Gasteiger partial charge in [0.25, 0.3) is 0 Å². The highest BCUT2D eigenvalue weighted by molar-refractivity contribution is 5.59. The Bertz CT molecular complexity index is 571. The molecule has 0 aliphatic carbocycles. The first-order chi connectivity index (χ1) is 10.6. The first kappa shape index (κ1) is 18.0. The van der Waals surface area contributed by atoms with Crippen LogP contribution in [0.1, 0.15) is 39.2 Å². The van der Waals surface area contributed by atoms with E-state index in [4.69, 9.17) is 0 Å². The molecule has 2 N–H and O–H groups in total. The number of hydrogen-bond donors (Lipinski definition) is 2. The zero-order valence-electron chi connectivity index (χ0n) is 14.7. The van der Waals surface area contributed by atoms with Crippen LogP contribution >= 0.6 is 0 Å². The number of halogens is 1. The number of hydrogen-bond acceptors (Lipinski definition) is 3. The van der Waals surface area contributed by atoms with E-state index in [-0.39, 0.29) is 11.2 Å². The highest BCUT2D eigenvalue weighted by Gasteiger charge is 2.35. The number of rotatable bonds is 5. The van der Waals surface area contributed by atoms with Crippen molar-refractivity contribution in [3.05, 3.63) is 41.9 Å². The minimum atomic E-state index is -0.898. The summed E-state index contributed by atoms with van der Waals surface area (Å²) in [5.74, 6) is -0.230. The molecule has 0 unspecified atom stereocenters. The summed E-state index contributed by atoms with van der Waals surface area (Å²) in [6, 6.07) is 5.09. The highest BCUT2D eigenvalue weighted by atomic mass is 19.1. The molecule has 1 saturated heterocycles. The summed E-state index contributed by atoms with van der Waals surface area (Å²) in [7, 11) is 0. The van der Waals surface area contributed by atoms with Crippen LogP contribution in [0.25, 0.3) is 0 Å². The third kappa shape index (κ3) is 4.12. The van der Waals surface area contributed by atoms with Gasteiger partial charge in [-0.1, -0.05) is 19.6 Å². The molecule has 0 bridgehead atoms. The summed E-state index contributed by atoms with van der Waals surface area (Å²) in [5.41, 5.74) is 1.39. The van der Waals surface area contributed by atoms with Crippen molar-refractivity contribution in [2.45, 2.75) is 46.1 Å². The maximum absolute atomic E-state index is 14.0. The van der Waals surface area contributed by atoms with E-state index in [2.05, 4.69) is 18.8 Å². The Morgan fingerprint density at radius 1 is 1.39 bits per heavy atom. The minimum Gasteiger partial charge on any atom is -0.389 e. The van der Waals surface area contributed by atoms with Gasteiger partial charge in [0.1, 0.15) is 5.82 Å². The first-order valence-electron chi connectivity index (χ1n) is 8.29. The Morgan fingerprint density at radius 3 is 2.57 bits per heavy atom. The number of benzene rings is 1. The van der Waals surface area contributed by atoms with Gasteiger partial charge in [0.2, 0.25) is 0 Å². The standard InChI is InChI=1S/C19H29FN2O/c1-14-16(20)7-6-8-17(14)22(13-18(3,4)23)15(2)19(5)9-11-21-12-10-19/h6-8,21,23H,2,9-13H2,1,3-5H3. The van der Waals surface area contributed by atoms with Gasteiger partial charge in [-0.25, -0.2) is 4.39 Å². The van der Waals surface area contributed by atoms with Crippen molar-refractivity contribution in [1.29, 1.82) is 0 Å². The maximum atomic E-state index is 14.0. The zero-order chi connectivity index (χ0) is 17.3. The van der Waals surface area contributed by atoms with Crippen LogP contribution in [0.4, 0.5) is 10.1 Å². The fourth-order valence-electron chi connectivity index (χ4n) is 3.19. The first-order valence-corrected chi connectivity index (χ1v) is 8.29. The van der Waals surface area contributed by atoms with Crippen molar-refractivity contribution in [2.75, 3.05) is 24.5 Å². The van der Waals surface area contributed by atoms with E-state index in [1.807, 2.05) is 11.0 Å². The third-order valence-electron chi connectivity index (χ3n) is 4.80. The molecule has 1 fully saturated rings. The molecule has 1 aliphatic heterocycles. The van der Waals surface area contributed by atoms with Crippen LogP contribution in [-0.2, 0) is 0 Å². The smallest absolute Gasteiger partial charge is 0.128 e. The Hall–Kier alpha value is -1.39. The fraction of sp³-hybridized carbons (Fsp3) is 0.579. The van der Waals surface area contributed by atoms with Crippen molar-refractivity contribution >= 4 is 5.69 Å². The van der Waals surface area contributed by atoms with Crippen LogP contribution in [0.2, 0.25) is 0 Å². The summed E-state index contributed by atoms with van der Waals surface area (Å²) in [4.78, 5) is 2.00. The molecule has 0 saturated carbocycles. The van der Waals surface area contributed by atoms with E-state index in [1.54, 1.807) is 26.8 Å². The SMILES string of the molecule is C=C(N(CC(C)(C)O)c1cccc(F)c1C)C1(C)CCNCC1. The molecule has 0 amide bonds. The lowest BCUT2D eigenvalue weighted by atomic mass is 9.77. The van der Waals surface area contributed by atoms with E-state index < -0.39 is 5.60 Å². The molecule has 3 nitrogen and oxygen atoms in total. The Balaban J connectivity index is 2.41. The molecule has 2 rings (SSSR count). The van der Waals surface area contributed by atoms with Crippen LogP contribution in [0.15, 0.2) is 30.5 Å². The van der Waals surface area contributed by atoms with Crippen LogP contribution in [-0.4, -0.2) is 30.3 Å². The van der Waals surface area contributed by atoms with E-state index in [0.29, 0.717) is 12.1 Å². The van der Waals surface area contributed by atoms with E-state index in [1.165, 1.54) is 6.07 Å². The lowest BCUT2D eigenvalue weighted by molar-refractivity contribution is 0.0871. The summed E-state index contributed by atoms with van der Waals surface area (Å²) in [5, 5.41) is 13.7. The van der Waals surface area contributed by atoms with Crippen molar-refractivity contribution < 1.29 is 9.50 Å². The van der Waals surface area contributed by atoms with Gasteiger partial charge in [-0.3, -0.25) is 0 Å². The fourth-order valence-corrected chi connectivity index (χ4v) is 3.19. The van der Waals surface area contributed by atoms with Crippen molar-refractivity contribution in [3.8, 4) is 0 Å². The number of piperidine rings is 1. The largest absolute Gasteiger partial charge is 0.389 e. The topological polar surface area (TPSA) is 35.5 Å². The molecule has 1 aromatic rings. The van der Waals surface area contributed by atoms with Gasteiger partial charge >= 0.3 is 0 Å². The second-order valence-corrected chi connectivity index (χ2v) is 7.54. The number of allylic oxidation sites excluding steroid dienone is 1. The molecular formula is C19H29FN2O. The van der Waals surface area contributed by atoms with Crippen LogP contribution in [0.3, 0.4) is 0 Å². The van der Waals surface area contributed by atoms with Crippen molar-refractivity contribution in [2.24, 2.45) is 5.41 Å². The van der Waals surface area contributed by atoms with E-state index in [0.717, 1.165) is 37.3 Å². The molecular weight excluding hydrogens is 291 g/mol. The average molecular weight is 320 g/mol. The lowest BCUT2D eigenvalue weighted by Gasteiger charge is -2.43. The molecule has 0 aromatic heterocycles. The number of aliphatic hydroxyl groups is 1. The van der Waals surface area contributed by atoms with Gasteiger partial charge in [-0.15, -0.1) is 0 Å². The zero-order valence-corrected chi connectivity index (χ0v) is 14.7. The molecule has 1 aromatic carbocycles. The molecule has 0 radical (unpaired) electrons. The quantitative estimate of drug-likeness (QED) is 0.870. The summed E-state index contributed by atoms with van der Waals surface area (Å²) in [6.45, 7) is 14.2. The molecule has 4 heteroatoms. The summed E-state index contributed by atoms with van der Waals surface area (Å²) in [6.07, 6.45) is 1.98. The Kier molecular flexibility index (Phi) is 5.17. The number of nitrogens with zero attached hydrogens (tertiary/aromatic N) is 1. The van der Waals surface area contributed by atoms with Crippen molar-refractivity contribution in [3.63, 3.8) is 0 Å². The van der Waals surface area contributed by atoms with Crippen LogP contribution in [0, 0.1) is 18.2 Å². The van der Waals surface area contributed by atoms with Crippen LogP contribution in [0.5, 0.6) is 0 Å². The Morgan fingerprint density at radius 2 is 2.00 bits per heavy atom. The highest BCUT2D eigenvalue weighted by Crippen LogP contribution is 2.40. The molecule has 0 atom stereocenters.